The summed E-state index contributed by atoms with van der Waals surface area (Å²) < 4.78 is 7.63. The third-order valence-electron chi connectivity index (χ3n) is 3.57. The van der Waals surface area contributed by atoms with Crippen LogP contribution in [0.5, 0.6) is 5.75 Å². The van der Waals surface area contributed by atoms with Gasteiger partial charge < -0.3 is 15.0 Å². The number of hydrogen-bond donors (Lipinski definition) is 1. The molecule has 0 fully saturated rings. The van der Waals surface area contributed by atoms with E-state index in [1.807, 2.05) is 12.1 Å². The molecule has 3 nitrogen and oxygen atoms in total. The number of methoxy groups -OCH3 is 1. The molecule has 2 N–H and O–H groups in total. The lowest BCUT2D eigenvalue weighted by molar-refractivity contribution is 0.420. The third kappa shape index (κ3) is 2.28. The highest BCUT2D eigenvalue weighted by molar-refractivity contribution is 5.86. The van der Waals surface area contributed by atoms with E-state index in [0.717, 1.165) is 23.2 Å². The van der Waals surface area contributed by atoms with Crippen molar-refractivity contribution in [3.8, 4) is 5.75 Å². The van der Waals surface area contributed by atoms with Crippen LogP contribution in [0.3, 0.4) is 0 Å². The summed E-state index contributed by atoms with van der Waals surface area (Å²) in [6, 6.07) is 16.6. The molecule has 2 aromatic carbocycles. The lowest BCUT2D eigenvalue weighted by Gasteiger charge is -2.08. The second-order valence-corrected chi connectivity index (χ2v) is 4.86. The standard InChI is InChI=1S/C17H18N2O/c1-20-17-7-3-6-16-15(17)8-9-19(16)12-14-5-2-4-13(10-14)11-18/h2-10H,11-12,18H2,1H3. The zero-order chi connectivity index (χ0) is 13.9. The minimum absolute atomic E-state index is 0.577. The van der Waals surface area contributed by atoms with Crippen LogP contribution in [0.25, 0.3) is 10.9 Å². The molecule has 1 heterocycles. The van der Waals surface area contributed by atoms with Crippen molar-refractivity contribution in [3.63, 3.8) is 0 Å². The summed E-state index contributed by atoms with van der Waals surface area (Å²) >= 11 is 0. The molecule has 0 aliphatic heterocycles. The average Bonchev–Trinajstić information content (AvgIpc) is 2.90. The molecule has 0 amide bonds. The Balaban J connectivity index is 1.98. The van der Waals surface area contributed by atoms with Crippen LogP contribution in [0.2, 0.25) is 0 Å². The number of rotatable bonds is 4. The number of fused-ring (bicyclic) bond motifs is 1. The number of nitrogens with zero attached hydrogens (tertiary/aromatic N) is 1. The van der Waals surface area contributed by atoms with Crippen molar-refractivity contribution in [1.29, 1.82) is 0 Å². The van der Waals surface area contributed by atoms with E-state index >= 15 is 0 Å². The quantitative estimate of drug-likeness (QED) is 0.788. The topological polar surface area (TPSA) is 40.2 Å². The maximum atomic E-state index is 5.70. The molecule has 102 valence electrons. The Morgan fingerprint density at radius 1 is 1.05 bits per heavy atom. The molecule has 0 radical (unpaired) electrons. The van der Waals surface area contributed by atoms with Crippen LogP contribution in [0.1, 0.15) is 11.1 Å². The Morgan fingerprint density at radius 2 is 1.85 bits per heavy atom. The Hall–Kier alpha value is -2.26. The lowest BCUT2D eigenvalue weighted by Crippen LogP contribution is -2.01. The molecule has 3 rings (SSSR count). The van der Waals surface area contributed by atoms with Gasteiger partial charge in [0.05, 0.1) is 12.6 Å². The van der Waals surface area contributed by atoms with Crippen LogP contribution in [-0.2, 0) is 13.1 Å². The fraction of sp³-hybridized carbons (Fsp3) is 0.176. The zero-order valence-corrected chi connectivity index (χ0v) is 11.5. The molecule has 0 aliphatic rings. The van der Waals surface area contributed by atoms with Crippen molar-refractivity contribution >= 4 is 10.9 Å². The highest BCUT2D eigenvalue weighted by Gasteiger charge is 2.06. The normalized spacial score (nSPS) is 10.9. The first-order chi connectivity index (χ1) is 9.81. The molecule has 0 spiro atoms. The van der Waals surface area contributed by atoms with E-state index in [2.05, 4.69) is 47.2 Å². The highest BCUT2D eigenvalue weighted by Crippen LogP contribution is 2.26. The van der Waals surface area contributed by atoms with Gasteiger partial charge in [0.2, 0.25) is 0 Å². The van der Waals surface area contributed by atoms with Gasteiger partial charge in [-0.05, 0) is 29.3 Å². The van der Waals surface area contributed by atoms with Crippen molar-refractivity contribution in [3.05, 3.63) is 65.9 Å². The number of benzene rings is 2. The summed E-state index contributed by atoms with van der Waals surface area (Å²) in [6.45, 7) is 1.42. The number of aromatic nitrogens is 1. The molecule has 0 saturated heterocycles. The number of hydrogen-bond acceptors (Lipinski definition) is 2. The lowest BCUT2D eigenvalue weighted by atomic mass is 10.1. The zero-order valence-electron chi connectivity index (χ0n) is 11.5. The van der Waals surface area contributed by atoms with E-state index in [0.29, 0.717) is 6.54 Å². The van der Waals surface area contributed by atoms with Gasteiger partial charge in [-0.15, -0.1) is 0 Å². The minimum Gasteiger partial charge on any atom is -0.496 e. The molecule has 0 atom stereocenters. The summed E-state index contributed by atoms with van der Waals surface area (Å²) in [6.07, 6.45) is 2.10. The largest absolute Gasteiger partial charge is 0.496 e. The van der Waals surface area contributed by atoms with Gasteiger partial charge in [0.1, 0.15) is 5.75 Å². The molecular weight excluding hydrogens is 248 g/mol. The van der Waals surface area contributed by atoms with Crippen LogP contribution in [-0.4, -0.2) is 11.7 Å². The fourth-order valence-electron chi connectivity index (χ4n) is 2.56. The van der Waals surface area contributed by atoms with Crippen molar-refractivity contribution in [2.24, 2.45) is 5.73 Å². The second-order valence-electron chi connectivity index (χ2n) is 4.86. The molecule has 3 heteroatoms. The fourth-order valence-corrected chi connectivity index (χ4v) is 2.56. The molecular formula is C17H18N2O. The van der Waals surface area contributed by atoms with Crippen molar-refractivity contribution in [2.75, 3.05) is 7.11 Å². The van der Waals surface area contributed by atoms with E-state index in [9.17, 15) is 0 Å². The van der Waals surface area contributed by atoms with Crippen LogP contribution in [0, 0.1) is 0 Å². The molecule has 0 bridgehead atoms. The predicted molar refractivity (Wildman–Crippen MR) is 81.9 cm³/mol. The molecule has 3 aromatic rings. The highest BCUT2D eigenvalue weighted by atomic mass is 16.5. The molecule has 0 saturated carbocycles. The van der Waals surface area contributed by atoms with Crippen LogP contribution >= 0.6 is 0 Å². The van der Waals surface area contributed by atoms with E-state index in [1.54, 1.807) is 7.11 Å². The average molecular weight is 266 g/mol. The van der Waals surface area contributed by atoms with Gasteiger partial charge in [0, 0.05) is 24.7 Å². The second kappa shape index (κ2) is 5.39. The van der Waals surface area contributed by atoms with Gasteiger partial charge in [-0.3, -0.25) is 0 Å². The summed E-state index contributed by atoms with van der Waals surface area (Å²) in [5, 5.41) is 1.14. The Labute approximate surface area is 118 Å². The van der Waals surface area contributed by atoms with Crippen molar-refractivity contribution in [1.82, 2.24) is 4.57 Å². The SMILES string of the molecule is COc1cccc2c1ccn2Cc1cccc(CN)c1. The molecule has 0 unspecified atom stereocenters. The van der Waals surface area contributed by atoms with E-state index in [1.165, 1.54) is 11.1 Å². The number of nitrogens with two attached hydrogens (primary N) is 1. The minimum atomic E-state index is 0.577. The summed E-state index contributed by atoms with van der Waals surface area (Å²) in [7, 11) is 1.71. The maximum Gasteiger partial charge on any atom is 0.128 e. The monoisotopic (exact) mass is 266 g/mol. The van der Waals surface area contributed by atoms with E-state index in [4.69, 9.17) is 10.5 Å². The Morgan fingerprint density at radius 3 is 2.65 bits per heavy atom. The first-order valence-corrected chi connectivity index (χ1v) is 6.71. The number of ether oxygens (including phenoxy) is 1. The first-order valence-electron chi connectivity index (χ1n) is 6.71. The van der Waals surface area contributed by atoms with Crippen LogP contribution < -0.4 is 10.5 Å². The summed E-state index contributed by atoms with van der Waals surface area (Å²) in [4.78, 5) is 0. The van der Waals surface area contributed by atoms with Crippen LogP contribution in [0.15, 0.2) is 54.7 Å². The molecule has 1 aromatic heterocycles. The van der Waals surface area contributed by atoms with Crippen molar-refractivity contribution < 1.29 is 4.74 Å². The summed E-state index contributed by atoms with van der Waals surface area (Å²) in [5.41, 5.74) is 9.30. The third-order valence-corrected chi connectivity index (χ3v) is 3.57. The van der Waals surface area contributed by atoms with Gasteiger partial charge in [-0.25, -0.2) is 0 Å². The van der Waals surface area contributed by atoms with E-state index < -0.39 is 0 Å². The summed E-state index contributed by atoms with van der Waals surface area (Å²) in [5.74, 6) is 0.914. The van der Waals surface area contributed by atoms with Gasteiger partial charge in [0.15, 0.2) is 0 Å². The van der Waals surface area contributed by atoms with Crippen LogP contribution in [0.4, 0.5) is 0 Å². The smallest absolute Gasteiger partial charge is 0.128 e. The van der Waals surface area contributed by atoms with Crippen molar-refractivity contribution in [2.45, 2.75) is 13.1 Å². The maximum absolute atomic E-state index is 5.70. The predicted octanol–water partition coefficient (Wildman–Crippen LogP) is 3.16. The van der Waals surface area contributed by atoms with E-state index in [-0.39, 0.29) is 0 Å². The molecule has 0 aliphatic carbocycles. The van der Waals surface area contributed by atoms with Gasteiger partial charge in [0.25, 0.3) is 0 Å². The Kier molecular flexibility index (Phi) is 3.44. The first kappa shape index (κ1) is 12.8. The van der Waals surface area contributed by atoms with Gasteiger partial charge in [-0.2, -0.15) is 0 Å². The van der Waals surface area contributed by atoms with Gasteiger partial charge in [-0.1, -0.05) is 30.3 Å². The Bertz CT molecular complexity index is 731. The molecule has 20 heavy (non-hydrogen) atoms. The van der Waals surface area contributed by atoms with Gasteiger partial charge >= 0.3 is 0 Å².